The van der Waals surface area contributed by atoms with Crippen molar-refractivity contribution in [1.29, 1.82) is 0 Å². The van der Waals surface area contributed by atoms with Crippen molar-refractivity contribution in [2.45, 2.75) is 32.1 Å². The highest BCUT2D eigenvalue weighted by Gasteiger charge is 2.42. The van der Waals surface area contributed by atoms with Crippen LogP contribution in [-0.2, 0) is 10.2 Å². The van der Waals surface area contributed by atoms with E-state index < -0.39 is 11.9 Å². The fourth-order valence-electron chi connectivity index (χ4n) is 2.35. The Morgan fingerprint density at radius 1 is 1.12 bits per heavy atom. The quantitative estimate of drug-likeness (QED) is 0.534. The van der Waals surface area contributed by atoms with E-state index in [1.807, 2.05) is 13.0 Å². The van der Waals surface area contributed by atoms with Gasteiger partial charge in [0.05, 0.1) is 11.1 Å². The van der Waals surface area contributed by atoms with Crippen molar-refractivity contribution in [2.24, 2.45) is 0 Å². The number of hydrogen-bond acceptors (Lipinski definition) is 3. The van der Waals surface area contributed by atoms with Gasteiger partial charge in [-0.3, -0.25) is 0 Å². The average molecular weight is 216 g/mol. The van der Waals surface area contributed by atoms with E-state index >= 15 is 0 Å². The summed E-state index contributed by atoms with van der Waals surface area (Å²) >= 11 is 0. The van der Waals surface area contributed by atoms with E-state index in [1.54, 1.807) is 6.07 Å². The van der Waals surface area contributed by atoms with Crippen molar-refractivity contribution in [3.05, 3.63) is 34.4 Å². The first-order chi connectivity index (χ1) is 7.51. The maximum atomic E-state index is 11.4. The van der Waals surface area contributed by atoms with Crippen LogP contribution in [0.1, 0.15) is 51.6 Å². The lowest BCUT2D eigenvalue weighted by atomic mass is 9.90. The van der Waals surface area contributed by atoms with Gasteiger partial charge in [-0.05, 0) is 48.4 Å². The number of ether oxygens (including phenoxy) is 1. The lowest BCUT2D eigenvalue weighted by molar-refractivity contribution is 0.0444. The third-order valence-corrected chi connectivity index (χ3v) is 3.64. The molecule has 1 heterocycles. The Labute approximate surface area is 93.4 Å². The number of rotatable bonds is 1. The van der Waals surface area contributed by atoms with Gasteiger partial charge in [0.2, 0.25) is 0 Å². The van der Waals surface area contributed by atoms with Gasteiger partial charge in [-0.15, -0.1) is 0 Å². The fraction of sp³-hybridized carbons (Fsp3) is 0.385. The average Bonchev–Trinajstić information content (AvgIpc) is 2.90. The van der Waals surface area contributed by atoms with Crippen LogP contribution in [0.4, 0.5) is 0 Å². The van der Waals surface area contributed by atoms with Crippen LogP contribution in [0, 0.1) is 6.92 Å². The van der Waals surface area contributed by atoms with Crippen LogP contribution in [-0.4, -0.2) is 11.9 Å². The second kappa shape index (κ2) is 2.73. The van der Waals surface area contributed by atoms with Crippen molar-refractivity contribution >= 4 is 11.9 Å². The first-order valence-corrected chi connectivity index (χ1v) is 5.43. The molecule has 3 rings (SSSR count). The molecule has 3 heteroatoms. The number of carbonyl (C=O) groups is 2. The summed E-state index contributed by atoms with van der Waals surface area (Å²) < 4.78 is 4.60. The van der Waals surface area contributed by atoms with Crippen LogP contribution in [0.2, 0.25) is 0 Å². The monoisotopic (exact) mass is 216 g/mol. The van der Waals surface area contributed by atoms with E-state index in [9.17, 15) is 9.59 Å². The van der Waals surface area contributed by atoms with E-state index in [0.717, 1.165) is 18.4 Å². The number of fused-ring (bicyclic) bond motifs is 1. The minimum atomic E-state index is -0.518. The van der Waals surface area contributed by atoms with Crippen molar-refractivity contribution in [1.82, 2.24) is 0 Å². The van der Waals surface area contributed by atoms with E-state index in [0.29, 0.717) is 11.1 Å². The molecule has 1 saturated carbocycles. The molecule has 1 aromatic rings. The molecule has 16 heavy (non-hydrogen) atoms. The predicted molar refractivity (Wildman–Crippen MR) is 57.5 cm³/mol. The number of esters is 2. The molecule has 0 aromatic heterocycles. The second-order valence-corrected chi connectivity index (χ2v) is 4.95. The SMILES string of the molecule is Cc1cc2c(cc1C1(C)CC1)C(=O)OC2=O. The molecule has 0 atom stereocenters. The summed E-state index contributed by atoms with van der Waals surface area (Å²) in [6.45, 7) is 4.17. The molecular weight excluding hydrogens is 204 g/mol. The van der Waals surface area contributed by atoms with Gasteiger partial charge in [0.15, 0.2) is 0 Å². The van der Waals surface area contributed by atoms with Gasteiger partial charge in [-0.25, -0.2) is 9.59 Å². The van der Waals surface area contributed by atoms with Gasteiger partial charge >= 0.3 is 11.9 Å². The fourth-order valence-corrected chi connectivity index (χ4v) is 2.35. The Kier molecular flexibility index (Phi) is 1.63. The van der Waals surface area contributed by atoms with Gasteiger partial charge in [0.25, 0.3) is 0 Å². The molecule has 3 nitrogen and oxygen atoms in total. The lowest BCUT2D eigenvalue weighted by Crippen LogP contribution is -2.06. The molecule has 1 fully saturated rings. The van der Waals surface area contributed by atoms with Crippen LogP contribution >= 0.6 is 0 Å². The van der Waals surface area contributed by atoms with E-state index in [1.165, 1.54) is 5.56 Å². The highest BCUT2D eigenvalue weighted by molar-refractivity contribution is 6.14. The van der Waals surface area contributed by atoms with Gasteiger partial charge in [0.1, 0.15) is 0 Å². The number of cyclic esters (lactones) is 2. The van der Waals surface area contributed by atoms with Crippen LogP contribution in [0.25, 0.3) is 0 Å². The topological polar surface area (TPSA) is 43.4 Å². The van der Waals surface area contributed by atoms with E-state index in [4.69, 9.17) is 0 Å². The molecule has 0 N–H and O–H groups in total. The summed E-state index contributed by atoms with van der Waals surface area (Å²) in [5.74, 6) is -1.03. The number of carbonyl (C=O) groups excluding carboxylic acids is 2. The Balaban J connectivity index is 2.21. The van der Waals surface area contributed by atoms with E-state index in [-0.39, 0.29) is 5.41 Å². The smallest absolute Gasteiger partial charge is 0.346 e. The minimum absolute atomic E-state index is 0.199. The van der Waals surface area contributed by atoms with Gasteiger partial charge in [0, 0.05) is 0 Å². The molecule has 0 saturated heterocycles. The van der Waals surface area contributed by atoms with Crippen LogP contribution in [0.5, 0.6) is 0 Å². The first-order valence-electron chi connectivity index (χ1n) is 5.43. The Bertz CT molecular complexity index is 524. The number of benzene rings is 1. The molecule has 1 aromatic carbocycles. The first kappa shape index (κ1) is 9.58. The molecule has 82 valence electrons. The normalized spacial score (nSPS) is 20.6. The molecule has 0 radical (unpaired) electrons. The summed E-state index contributed by atoms with van der Waals surface area (Å²) in [5, 5.41) is 0. The zero-order valence-corrected chi connectivity index (χ0v) is 9.29. The van der Waals surface area contributed by atoms with Gasteiger partial charge < -0.3 is 4.74 Å². The summed E-state index contributed by atoms with van der Waals surface area (Å²) in [7, 11) is 0. The van der Waals surface area contributed by atoms with E-state index in [2.05, 4.69) is 11.7 Å². The lowest BCUT2D eigenvalue weighted by Gasteiger charge is -2.13. The summed E-state index contributed by atoms with van der Waals surface area (Å²) in [6, 6.07) is 3.62. The third kappa shape index (κ3) is 1.14. The van der Waals surface area contributed by atoms with Gasteiger partial charge in [-0.1, -0.05) is 6.92 Å². The summed E-state index contributed by atoms with van der Waals surface area (Å²) in [6.07, 6.45) is 2.30. The number of hydrogen-bond donors (Lipinski definition) is 0. The van der Waals surface area contributed by atoms with Crippen molar-refractivity contribution in [3.8, 4) is 0 Å². The Morgan fingerprint density at radius 3 is 2.25 bits per heavy atom. The zero-order chi connectivity index (χ0) is 11.5. The van der Waals surface area contributed by atoms with Crippen LogP contribution < -0.4 is 0 Å². The maximum Gasteiger partial charge on any atom is 0.346 e. The second-order valence-electron chi connectivity index (χ2n) is 4.95. The highest BCUT2D eigenvalue weighted by Crippen LogP contribution is 2.49. The van der Waals surface area contributed by atoms with Crippen molar-refractivity contribution in [2.75, 3.05) is 0 Å². The van der Waals surface area contributed by atoms with Gasteiger partial charge in [-0.2, -0.15) is 0 Å². The molecule has 2 aliphatic rings. The predicted octanol–water partition coefficient (Wildman–Crippen LogP) is 2.36. The maximum absolute atomic E-state index is 11.4. The molecule has 0 bridgehead atoms. The van der Waals surface area contributed by atoms with Crippen LogP contribution in [0.3, 0.4) is 0 Å². The van der Waals surface area contributed by atoms with Crippen LogP contribution in [0.15, 0.2) is 12.1 Å². The van der Waals surface area contributed by atoms with Crippen molar-refractivity contribution < 1.29 is 14.3 Å². The third-order valence-electron chi connectivity index (χ3n) is 3.64. The summed E-state index contributed by atoms with van der Waals surface area (Å²) in [5.41, 5.74) is 3.29. The summed E-state index contributed by atoms with van der Waals surface area (Å²) in [4.78, 5) is 22.8. The van der Waals surface area contributed by atoms with Crippen molar-refractivity contribution in [3.63, 3.8) is 0 Å². The molecule has 1 aliphatic heterocycles. The largest absolute Gasteiger partial charge is 0.386 e. The minimum Gasteiger partial charge on any atom is -0.386 e. The molecule has 0 spiro atoms. The zero-order valence-electron chi connectivity index (χ0n) is 9.29. The molecule has 1 aliphatic carbocycles. The Morgan fingerprint density at radius 2 is 1.69 bits per heavy atom. The highest BCUT2D eigenvalue weighted by atomic mass is 16.6. The molecular formula is C13H12O3. The molecule has 0 amide bonds. The Hall–Kier alpha value is -1.64. The number of aryl methyl sites for hydroxylation is 1. The molecule has 0 unspecified atom stereocenters. The standard InChI is InChI=1S/C13H12O3/c1-7-5-8-9(12(15)16-11(8)14)6-10(7)13(2)3-4-13/h5-6H,3-4H2,1-2H3.